The molecular weight excluding hydrogens is 214 g/mol. The molecule has 96 valence electrons. The van der Waals surface area contributed by atoms with Crippen LogP contribution in [0.1, 0.15) is 27.2 Å². The standard InChI is InChI=1S/C13H23N3O/c1-4-5-6-7-15-12(17)13(2,3)16-10-8-14-9-11-16/h14H,6-11H2,1-3H3,(H,15,17). The summed E-state index contributed by atoms with van der Waals surface area (Å²) in [6.45, 7) is 10.2. The van der Waals surface area contributed by atoms with Gasteiger partial charge in [-0.05, 0) is 20.8 Å². The Balaban J connectivity index is 2.43. The average Bonchev–Trinajstić information content (AvgIpc) is 2.35. The van der Waals surface area contributed by atoms with Gasteiger partial charge in [0, 0.05) is 39.1 Å². The summed E-state index contributed by atoms with van der Waals surface area (Å²) in [6.07, 6.45) is 0.722. The average molecular weight is 237 g/mol. The Bertz CT molecular complexity index is 308. The van der Waals surface area contributed by atoms with Gasteiger partial charge in [-0.2, -0.15) is 0 Å². The van der Waals surface area contributed by atoms with E-state index in [-0.39, 0.29) is 5.91 Å². The number of carbonyl (C=O) groups excluding carboxylic acids is 1. The second-order valence-corrected chi connectivity index (χ2v) is 4.73. The monoisotopic (exact) mass is 237 g/mol. The summed E-state index contributed by atoms with van der Waals surface area (Å²) in [6, 6.07) is 0. The van der Waals surface area contributed by atoms with E-state index in [1.807, 2.05) is 20.8 Å². The zero-order valence-electron chi connectivity index (χ0n) is 11.1. The minimum Gasteiger partial charge on any atom is -0.354 e. The van der Waals surface area contributed by atoms with E-state index in [0.717, 1.165) is 32.6 Å². The van der Waals surface area contributed by atoms with Gasteiger partial charge >= 0.3 is 0 Å². The van der Waals surface area contributed by atoms with E-state index in [9.17, 15) is 4.79 Å². The van der Waals surface area contributed by atoms with Crippen LogP contribution in [0.15, 0.2) is 0 Å². The number of carbonyl (C=O) groups is 1. The van der Waals surface area contributed by atoms with Gasteiger partial charge in [0.15, 0.2) is 0 Å². The fraction of sp³-hybridized carbons (Fsp3) is 0.769. The number of amides is 1. The number of piperazine rings is 1. The van der Waals surface area contributed by atoms with Gasteiger partial charge in [-0.25, -0.2) is 0 Å². The molecule has 4 heteroatoms. The van der Waals surface area contributed by atoms with Crippen LogP contribution in [-0.4, -0.2) is 49.1 Å². The molecule has 4 nitrogen and oxygen atoms in total. The van der Waals surface area contributed by atoms with Crippen molar-refractivity contribution in [3.05, 3.63) is 0 Å². The van der Waals surface area contributed by atoms with Crippen LogP contribution in [0, 0.1) is 11.8 Å². The highest BCUT2D eigenvalue weighted by Crippen LogP contribution is 2.14. The molecule has 0 saturated carbocycles. The summed E-state index contributed by atoms with van der Waals surface area (Å²) in [5.74, 6) is 5.86. The van der Waals surface area contributed by atoms with Crippen molar-refractivity contribution in [2.75, 3.05) is 32.7 Å². The fourth-order valence-electron chi connectivity index (χ4n) is 1.95. The normalized spacial score (nSPS) is 17.1. The van der Waals surface area contributed by atoms with Gasteiger partial charge in [0.2, 0.25) is 5.91 Å². The van der Waals surface area contributed by atoms with Crippen molar-refractivity contribution in [3.63, 3.8) is 0 Å². The van der Waals surface area contributed by atoms with Gasteiger partial charge in [0.25, 0.3) is 0 Å². The SMILES string of the molecule is CC#CCCNC(=O)C(C)(C)N1CCNCC1. The molecule has 1 aliphatic heterocycles. The van der Waals surface area contributed by atoms with Gasteiger partial charge in [-0.1, -0.05) is 0 Å². The number of nitrogens with one attached hydrogen (secondary N) is 2. The molecule has 0 aromatic heterocycles. The summed E-state index contributed by atoms with van der Waals surface area (Å²) in [4.78, 5) is 14.3. The molecule has 1 fully saturated rings. The first-order valence-electron chi connectivity index (χ1n) is 6.22. The van der Waals surface area contributed by atoms with Crippen LogP contribution in [0.5, 0.6) is 0 Å². The molecule has 1 aliphatic rings. The Kier molecular flexibility index (Phi) is 5.46. The first-order chi connectivity index (χ1) is 8.09. The molecule has 1 heterocycles. The van der Waals surface area contributed by atoms with E-state index in [1.165, 1.54) is 0 Å². The lowest BCUT2D eigenvalue weighted by atomic mass is 10.0. The summed E-state index contributed by atoms with van der Waals surface area (Å²) in [7, 11) is 0. The van der Waals surface area contributed by atoms with Crippen LogP contribution in [0.25, 0.3) is 0 Å². The summed E-state index contributed by atoms with van der Waals surface area (Å²) < 4.78 is 0. The third kappa shape index (κ3) is 4.03. The molecule has 0 aliphatic carbocycles. The van der Waals surface area contributed by atoms with Crippen LogP contribution in [-0.2, 0) is 4.79 Å². The Hall–Kier alpha value is -1.05. The van der Waals surface area contributed by atoms with Crippen molar-refractivity contribution in [1.29, 1.82) is 0 Å². The third-order valence-electron chi connectivity index (χ3n) is 3.18. The molecule has 1 saturated heterocycles. The lowest BCUT2D eigenvalue weighted by Gasteiger charge is -2.39. The molecule has 2 N–H and O–H groups in total. The van der Waals surface area contributed by atoms with Gasteiger partial charge in [-0.15, -0.1) is 11.8 Å². The molecule has 0 aromatic carbocycles. The number of rotatable bonds is 4. The van der Waals surface area contributed by atoms with Gasteiger partial charge < -0.3 is 10.6 Å². The van der Waals surface area contributed by atoms with E-state index >= 15 is 0 Å². The Labute approximate surface area is 104 Å². The molecular formula is C13H23N3O. The molecule has 0 spiro atoms. The highest BCUT2D eigenvalue weighted by Gasteiger charge is 2.34. The minimum absolute atomic E-state index is 0.0947. The Morgan fingerprint density at radius 3 is 2.65 bits per heavy atom. The molecule has 0 unspecified atom stereocenters. The first kappa shape index (κ1) is 14.0. The molecule has 0 radical (unpaired) electrons. The van der Waals surface area contributed by atoms with Crippen LogP contribution in [0.4, 0.5) is 0 Å². The molecule has 1 amide bonds. The van der Waals surface area contributed by atoms with Crippen molar-refractivity contribution in [2.24, 2.45) is 0 Å². The summed E-state index contributed by atoms with van der Waals surface area (Å²) >= 11 is 0. The van der Waals surface area contributed by atoms with E-state index in [1.54, 1.807) is 0 Å². The maximum Gasteiger partial charge on any atom is 0.239 e. The van der Waals surface area contributed by atoms with Crippen LogP contribution in [0.3, 0.4) is 0 Å². The molecule has 17 heavy (non-hydrogen) atoms. The van der Waals surface area contributed by atoms with Crippen molar-refractivity contribution in [1.82, 2.24) is 15.5 Å². The van der Waals surface area contributed by atoms with E-state index in [0.29, 0.717) is 6.54 Å². The first-order valence-corrected chi connectivity index (χ1v) is 6.22. The van der Waals surface area contributed by atoms with E-state index < -0.39 is 5.54 Å². The second kappa shape index (κ2) is 6.63. The molecule has 1 rings (SSSR count). The predicted octanol–water partition coefficient (Wildman–Crippen LogP) is 0.200. The fourth-order valence-corrected chi connectivity index (χ4v) is 1.95. The van der Waals surface area contributed by atoms with Crippen molar-refractivity contribution < 1.29 is 4.79 Å². The van der Waals surface area contributed by atoms with Gasteiger partial charge in [0.05, 0.1) is 5.54 Å². The van der Waals surface area contributed by atoms with Crippen molar-refractivity contribution in [2.45, 2.75) is 32.7 Å². The molecule has 0 aromatic rings. The summed E-state index contributed by atoms with van der Waals surface area (Å²) in [5, 5.41) is 6.25. The third-order valence-corrected chi connectivity index (χ3v) is 3.18. The highest BCUT2D eigenvalue weighted by atomic mass is 16.2. The zero-order chi connectivity index (χ0) is 12.7. The Morgan fingerprint density at radius 2 is 2.06 bits per heavy atom. The van der Waals surface area contributed by atoms with Crippen LogP contribution in [0.2, 0.25) is 0 Å². The largest absolute Gasteiger partial charge is 0.354 e. The smallest absolute Gasteiger partial charge is 0.239 e. The topological polar surface area (TPSA) is 44.4 Å². The number of nitrogens with zero attached hydrogens (tertiary/aromatic N) is 1. The molecule has 0 bridgehead atoms. The maximum atomic E-state index is 12.1. The molecule has 0 atom stereocenters. The van der Waals surface area contributed by atoms with Gasteiger partial charge in [-0.3, -0.25) is 9.69 Å². The van der Waals surface area contributed by atoms with E-state index in [4.69, 9.17) is 0 Å². The second-order valence-electron chi connectivity index (χ2n) is 4.73. The number of hydrogen-bond acceptors (Lipinski definition) is 3. The summed E-state index contributed by atoms with van der Waals surface area (Å²) in [5.41, 5.74) is -0.429. The number of hydrogen-bond donors (Lipinski definition) is 2. The van der Waals surface area contributed by atoms with Gasteiger partial charge in [0.1, 0.15) is 0 Å². The minimum atomic E-state index is -0.429. The predicted molar refractivity (Wildman–Crippen MR) is 69.6 cm³/mol. The maximum absolute atomic E-state index is 12.1. The quantitative estimate of drug-likeness (QED) is 0.542. The van der Waals surface area contributed by atoms with Crippen molar-refractivity contribution in [3.8, 4) is 11.8 Å². The zero-order valence-corrected chi connectivity index (χ0v) is 11.1. The van der Waals surface area contributed by atoms with E-state index in [2.05, 4.69) is 27.4 Å². The van der Waals surface area contributed by atoms with Crippen molar-refractivity contribution >= 4 is 5.91 Å². The lowest BCUT2D eigenvalue weighted by molar-refractivity contribution is -0.132. The highest BCUT2D eigenvalue weighted by molar-refractivity contribution is 5.85. The Morgan fingerprint density at radius 1 is 1.41 bits per heavy atom. The van der Waals surface area contributed by atoms with Crippen LogP contribution >= 0.6 is 0 Å². The lowest BCUT2D eigenvalue weighted by Crippen LogP contribution is -2.60. The van der Waals surface area contributed by atoms with Crippen LogP contribution < -0.4 is 10.6 Å².